The van der Waals surface area contributed by atoms with Gasteiger partial charge in [0.25, 0.3) is 5.56 Å². The maximum atomic E-state index is 15.0. The number of hydrogen-bond donors (Lipinski definition) is 0. The second-order valence-electron chi connectivity index (χ2n) is 8.41. The maximum absolute atomic E-state index is 15.0. The van der Waals surface area contributed by atoms with Gasteiger partial charge in [-0.15, -0.1) is 0 Å². The van der Waals surface area contributed by atoms with Crippen LogP contribution in [0.1, 0.15) is 37.7 Å². The van der Waals surface area contributed by atoms with Crippen LogP contribution < -0.4 is 15.4 Å². The fraction of sp³-hybridized carbons (Fsp3) is 0.524. The predicted octanol–water partition coefficient (Wildman–Crippen LogP) is 1.87. The van der Waals surface area contributed by atoms with Gasteiger partial charge in [0.05, 0.1) is 25.8 Å². The number of rotatable bonds is 4. The molecule has 8 nitrogen and oxygen atoms in total. The van der Waals surface area contributed by atoms with Crippen LogP contribution in [0.15, 0.2) is 29.2 Å². The molecule has 0 N–H and O–H groups in total. The molecular weight excluding hydrogens is 389 g/mol. The topological polar surface area (TPSA) is 80.6 Å². The van der Waals surface area contributed by atoms with E-state index in [2.05, 4.69) is 9.97 Å². The van der Waals surface area contributed by atoms with Gasteiger partial charge >= 0.3 is 0 Å². The average molecular weight is 415 g/mol. The van der Waals surface area contributed by atoms with Gasteiger partial charge in [0.1, 0.15) is 5.69 Å². The van der Waals surface area contributed by atoms with Gasteiger partial charge in [0, 0.05) is 24.8 Å². The Bertz CT molecular complexity index is 1010. The highest BCUT2D eigenvalue weighted by Crippen LogP contribution is 2.32. The smallest absolute Gasteiger partial charge is 0.293 e. The average Bonchev–Trinajstić information content (AvgIpc) is 2.73. The molecule has 2 aliphatic rings. The van der Waals surface area contributed by atoms with Crippen LogP contribution >= 0.6 is 0 Å². The van der Waals surface area contributed by atoms with Gasteiger partial charge in [0.2, 0.25) is 11.8 Å². The monoisotopic (exact) mass is 415 g/mol. The summed E-state index contributed by atoms with van der Waals surface area (Å²) in [4.78, 5) is 38.0. The first-order chi connectivity index (χ1) is 14.3. The number of hydrogen-bond acceptors (Lipinski definition) is 7. The Morgan fingerprint density at radius 3 is 2.83 bits per heavy atom. The van der Waals surface area contributed by atoms with Crippen LogP contribution in [0.2, 0.25) is 0 Å². The SMILES string of the molecule is C[C@@H]1COCCN1c1nc2n(c(=O)c1F)CCC(C)(C)N2CC(=O)c1ccccn1. The second kappa shape index (κ2) is 7.79. The second-order valence-corrected chi connectivity index (χ2v) is 8.41. The quantitative estimate of drug-likeness (QED) is 0.706. The number of nitrogens with zero attached hydrogens (tertiary/aromatic N) is 5. The van der Waals surface area contributed by atoms with Crippen LogP contribution in [0.5, 0.6) is 0 Å². The number of ketones is 1. The summed E-state index contributed by atoms with van der Waals surface area (Å²) in [5, 5.41) is 0. The summed E-state index contributed by atoms with van der Waals surface area (Å²) in [6, 6.07) is 5.05. The highest BCUT2D eigenvalue weighted by atomic mass is 19.1. The molecule has 0 spiro atoms. The zero-order chi connectivity index (χ0) is 21.5. The van der Waals surface area contributed by atoms with Gasteiger partial charge < -0.3 is 14.5 Å². The molecule has 4 heterocycles. The summed E-state index contributed by atoms with van der Waals surface area (Å²) in [6.07, 6.45) is 2.16. The molecule has 30 heavy (non-hydrogen) atoms. The van der Waals surface area contributed by atoms with E-state index in [1.165, 1.54) is 4.57 Å². The highest BCUT2D eigenvalue weighted by molar-refractivity contribution is 5.97. The molecule has 4 rings (SSSR count). The third-order valence-electron chi connectivity index (χ3n) is 5.89. The van der Waals surface area contributed by atoms with Crippen molar-refractivity contribution in [2.75, 3.05) is 36.1 Å². The van der Waals surface area contributed by atoms with E-state index in [9.17, 15) is 9.59 Å². The molecule has 0 amide bonds. The zero-order valence-corrected chi connectivity index (χ0v) is 17.5. The molecular formula is C21H26FN5O3. The van der Waals surface area contributed by atoms with Crippen molar-refractivity contribution in [3.8, 4) is 0 Å². The molecule has 1 atom stereocenters. The molecule has 2 aromatic heterocycles. The number of anilines is 2. The highest BCUT2D eigenvalue weighted by Gasteiger charge is 2.38. The third kappa shape index (κ3) is 3.58. The third-order valence-corrected chi connectivity index (χ3v) is 5.89. The van der Waals surface area contributed by atoms with Crippen molar-refractivity contribution in [1.82, 2.24) is 14.5 Å². The summed E-state index contributed by atoms with van der Waals surface area (Å²) in [5.74, 6) is -0.703. The van der Waals surface area contributed by atoms with Gasteiger partial charge in [-0.3, -0.25) is 19.1 Å². The number of aromatic nitrogens is 3. The Balaban J connectivity index is 1.77. The van der Waals surface area contributed by atoms with Crippen molar-refractivity contribution >= 4 is 17.5 Å². The molecule has 0 saturated carbocycles. The van der Waals surface area contributed by atoms with Crippen LogP contribution in [0.3, 0.4) is 0 Å². The lowest BCUT2D eigenvalue weighted by Gasteiger charge is -2.44. The first-order valence-corrected chi connectivity index (χ1v) is 10.2. The van der Waals surface area contributed by atoms with E-state index in [1.807, 2.05) is 20.8 Å². The molecule has 0 radical (unpaired) electrons. The van der Waals surface area contributed by atoms with E-state index in [-0.39, 0.29) is 24.2 Å². The van der Waals surface area contributed by atoms with E-state index in [0.29, 0.717) is 44.4 Å². The minimum Gasteiger partial charge on any atom is -0.377 e. The van der Waals surface area contributed by atoms with Crippen LogP contribution in [0.25, 0.3) is 0 Å². The Morgan fingerprint density at radius 2 is 2.13 bits per heavy atom. The fourth-order valence-electron chi connectivity index (χ4n) is 3.98. The lowest BCUT2D eigenvalue weighted by atomic mass is 9.95. The number of fused-ring (bicyclic) bond motifs is 1. The zero-order valence-electron chi connectivity index (χ0n) is 17.5. The van der Waals surface area contributed by atoms with Crippen molar-refractivity contribution in [1.29, 1.82) is 0 Å². The fourth-order valence-corrected chi connectivity index (χ4v) is 3.98. The Kier molecular flexibility index (Phi) is 5.31. The molecule has 2 aromatic rings. The molecule has 0 aliphatic carbocycles. The van der Waals surface area contributed by atoms with Gasteiger partial charge in [-0.05, 0) is 39.3 Å². The molecule has 2 aliphatic heterocycles. The van der Waals surface area contributed by atoms with Crippen molar-refractivity contribution in [3.05, 3.63) is 46.3 Å². The Labute approximate surface area is 174 Å². The van der Waals surface area contributed by atoms with Crippen molar-refractivity contribution in [3.63, 3.8) is 0 Å². The summed E-state index contributed by atoms with van der Waals surface area (Å²) in [5.41, 5.74) is -0.799. The molecule has 1 fully saturated rings. The van der Waals surface area contributed by atoms with Gasteiger partial charge in [-0.1, -0.05) is 6.07 Å². The summed E-state index contributed by atoms with van der Waals surface area (Å²) < 4.78 is 21.8. The van der Waals surface area contributed by atoms with Gasteiger partial charge in [-0.25, -0.2) is 0 Å². The standard InChI is InChI=1S/C21H26FN5O3/c1-14-13-30-11-10-25(14)18-17(22)19(29)26-9-7-21(2,3)27(20(26)24-18)12-16(28)15-6-4-5-8-23-15/h4-6,8,14H,7,9-13H2,1-3H3/t14-/m1/s1. The lowest BCUT2D eigenvalue weighted by molar-refractivity contribution is 0.0979. The lowest BCUT2D eigenvalue weighted by Crippen LogP contribution is -2.54. The van der Waals surface area contributed by atoms with Crippen LogP contribution in [0.4, 0.5) is 16.2 Å². The minimum absolute atomic E-state index is 0.000189. The first kappa shape index (κ1) is 20.5. The Morgan fingerprint density at radius 1 is 1.33 bits per heavy atom. The number of carbonyl (C=O) groups excluding carboxylic acids is 1. The molecule has 160 valence electrons. The van der Waals surface area contributed by atoms with Crippen LogP contribution in [-0.4, -0.2) is 58.2 Å². The summed E-state index contributed by atoms with van der Waals surface area (Å²) in [6.45, 7) is 7.57. The predicted molar refractivity (Wildman–Crippen MR) is 111 cm³/mol. The number of carbonyl (C=O) groups is 1. The van der Waals surface area contributed by atoms with E-state index in [4.69, 9.17) is 4.74 Å². The molecule has 0 bridgehead atoms. The van der Waals surface area contributed by atoms with Gasteiger partial charge in [0.15, 0.2) is 11.6 Å². The van der Waals surface area contributed by atoms with Crippen LogP contribution in [-0.2, 0) is 11.3 Å². The first-order valence-electron chi connectivity index (χ1n) is 10.2. The molecule has 9 heteroatoms. The van der Waals surface area contributed by atoms with E-state index in [0.717, 1.165) is 0 Å². The summed E-state index contributed by atoms with van der Waals surface area (Å²) >= 11 is 0. The largest absolute Gasteiger partial charge is 0.377 e. The number of Topliss-reactive ketones (excluding diaryl/α,β-unsaturated/α-hetero) is 1. The van der Waals surface area contributed by atoms with E-state index >= 15 is 4.39 Å². The number of halogens is 1. The van der Waals surface area contributed by atoms with Crippen molar-refractivity contribution < 1.29 is 13.9 Å². The molecule has 0 unspecified atom stereocenters. The van der Waals surface area contributed by atoms with E-state index < -0.39 is 16.9 Å². The molecule has 0 aromatic carbocycles. The maximum Gasteiger partial charge on any atom is 0.293 e. The molecule has 1 saturated heterocycles. The van der Waals surface area contributed by atoms with E-state index in [1.54, 1.807) is 34.2 Å². The minimum atomic E-state index is -0.858. The number of pyridine rings is 1. The van der Waals surface area contributed by atoms with Crippen molar-refractivity contribution in [2.45, 2.75) is 45.3 Å². The van der Waals surface area contributed by atoms with Crippen molar-refractivity contribution in [2.24, 2.45) is 0 Å². The Hall–Kier alpha value is -2.81. The summed E-state index contributed by atoms with van der Waals surface area (Å²) in [7, 11) is 0. The van der Waals surface area contributed by atoms with Gasteiger partial charge in [-0.2, -0.15) is 9.37 Å². The number of ether oxygens (including phenoxy) is 1. The van der Waals surface area contributed by atoms with Crippen LogP contribution in [0, 0.1) is 5.82 Å². The normalized spacial score (nSPS) is 20.7. The number of morpholine rings is 1.